The van der Waals surface area contributed by atoms with Gasteiger partial charge in [0, 0.05) is 17.3 Å². The maximum atomic E-state index is 12.9. The molecule has 0 bridgehead atoms. The molecule has 0 aromatic heterocycles. The van der Waals surface area contributed by atoms with Crippen LogP contribution >= 0.6 is 35.0 Å². The summed E-state index contributed by atoms with van der Waals surface area (Å²) in [4.78, 5) is 18.3. The Kier molecular flexibility index (Phi) is 6.97. The number of amidine groups is 1. The van der Waals surface area contributed by atoms with E-state index < -0.39 is 11.7 Å². The minimum Gasteiger partial charge on any atom is -0.482 e. The van der Waals surface area contributed by atoms with E-state index in [-0.39, 0.29) is 23.2 Å². The second-order valence-corrected chi connectivity index (χ2v) is 7.96. The first-order valence-corrected chi connectivity index (χ1v) is 10.2. The van der Waals surface area contributed by atoms with E-state index in [1.807, 2.05) is 0 Å². The van der Waals surface area contributed by atoms with Crippen molar-refractivity contribution in [1.29, 1.82) is 0 Å². The van der Waals surface area contributed by atoms with Crippen LogP contribution in [0.25, 0.3) is 0 Å². The van der Waals surface area contributed by atoms with Crippen LogP contribution in [-0.2, 0) is 11.0 Å². The fraction of sp³-hybridized carbons (Fsp3) is 0.263. The lowest BCUT2D eigenvalue weighted by atomic mass is 10.2. The Morgan fingerprint density at radius 1 is 1.21 bits per heavy atom. The number of carbonyl (C=O) groups excluding carboxylic acids is 1. The van der Waals surface area contributed by atoms with Gasteiger partial charge in [-0.25, -0.2) is 4.99 Å². The molecule has 0 atom stereocenters. The molecule has 0 spiro atoms. The van der Waals surface area contributed by atoms with Gasteiger partial charge in [0.15, 0.2) is 11.8 Å². The van der Waals surface area contributed by atoms with Crippen LogP contribution in [0.1, 0.15) is 12.0 Å². The summed E-state index contributed by atoms with van der Waals surface area (Å²) in [5, 5.41) is 1.05. The molecular weight excluding hydrogens is 448 g/mol. The van der Waals surface area contributed by atoms with Crippen molar-refractivity contribution in [2.75, 3.05) is 18.9 Å². The Hall–Kier alpha value is -1.90. The van der Waals surface area contributed by atoms with E-state index >= 15 is 0 Å². The number of halogens is 5. The molecule has 29 heavy (non-hydrogen) atoms. The van der Waals surface area contributed by atoms with Crippen molar-refractivity contribution in [3.05, 3.63) is 58.1 Å². The summed E-state index contributed by atoms with van der Waals surface area (Å²) >= 11 is 13.2. The first kappa shape index (κ1) is 21.8. The Labute approximate surface area is 179 Å². The number of amides is 1. The Morgan fingerprint density at radius 2 is 2.00 bits per heavy atom. The lowest BCUT2D eigenvalue weighted by molar-refractivity contribution is -0.137. The summed E-state index contributed by atoms with van der Waals surface area (Å²) in [6, 6.07) is 9.32. The Morgan fingerprint density at radius 3 is 2.72 bits per heavy atom. The zero-order valence-corrected chi connectivity index (χ0v) is 17.2. The Balaban J connectivity index is 1.75. The van der Waals surface area contributed by atoms with E-state index in [1.54, 1.807) is 12.1 Å². The zero-order chi connectivity index (χ0) is 21.0. The van der Waals surface area contributed by atoms with Crippen molar-refractivity contribution in [2.24, 2.45) is 4.99 Å². The minimum absolute atomic E-state index is 0.128. The average molecular weight is 463 g/mol. The molecule has 10 heteroatoms. The second kappa shape index (κ2) is 9.28. The maximum absolute atomic E-state index is 12.9. The highest BCUT2D eigenvalue weighted by atomic mass is 35.5. The van der Waals surface area contributed by atoms with E-state index in [0.717, 1.165) is 18.6 Å². The smallest absolute Gasteiger partial charge is 0.416 e. The largest absolute Gasteiger partial charge is 0.482 e. The average Bonchev–Trinajstić information content (AvgIpc) is 2.67. The van der Waals surface area contributed by atoms with E-state index in [9.17, 15) is 18.0 Å². The normalized spacial score (nSPS) is 16.2. The lowest BCUT2D eigenvalue weighted by Gasteiger charge is -2.27. The van der Waals surface area contributed by atoms with Crippen LogP contribution in [0.2, 0.25) is 10.0 Å². The summed E-state index contributed by atoms with van der Waals surface area (Å²) < 4.78 is 44.2. The molecule has 1 aliphatic heterocycles. The number of nitrogens with zero attached hydrogens (tertiary/aromatic N) is 2. The van der Waals surface area contributed by atoms with Crippen LogP contribution in [-0.4, -0.2) is 34.9 Å². The molecule has 1 aliphatic rings. The van der Waals surface area contributed by atoms with Crippen LogP contribution < -0.4 is 4.74 Å². The number of carbonyl (C=O) groups is 1. The van der Waals surface area contributed by atoms with Crippen molar-refractivity contribution in [1.82, 2.24) is 4.90 Å². The van der Waals surface area contributed by atoms with Gasteiger partial charge in [0.1, 0.15) is 5.75 Å². The van der Waals surface area contributed by atoms with Crippen LogP contribution in [0.5, 0.6) is 5.75 Å². The van der Waals surface area contributed by atoms with Gasteiger partial charge in [-0.3, -0.25) is 9.69 Å². The molecule has 1 heterocycles. The first-order chi connectivity index (χ1) is 13.7. The summed E-state index contributed by atoms with van der Waals surface area (Å²) in [5.74, 6) is 0.658. The molecule has 2 aromatic carbocycles. The van der Waals surface area contributed by atoms with Crippen LogP contribution in [0.15, 0.2) is 47.5 Å². The summed E-state index contributed by atoms with van der Waals surface area (Å²) in [6.07, 6.45) is -3.73. The number of rotatable bonds is 4. The predicted octanol–water partition coefficient (Wildman–Crippen LogP) is 6.04. The zero-order valence-electron chi connectivity index (χ0n) is 14.9. The van der Waals surface area contributed by atoms with E-state index in [2.05, 4.69) is 4.99 Å². The fourth-order valence-corrected chi connectivity index (χ4v) is 3.99. The molecule has 154 valence electrons. The third kappa shape index (κ3) is 5.81. The minimum atomic E-state index is -4.46. The van der Waals surface area contributed by atoms with Crippen molar-refractivity contribution in [2.45, 2.75) is 12.6 Å². The molecule has 1 fully saturated rings. The molecule has 2 aromatic rings. The van der Waals surface area contributed by atoms with Gasteiger partial charge in [-0.05, 0) is 42.8 Å². The van der Waals surface area contributed by atoms with Gasteiger partial charge < -0.3 is 4.74 Å². The van der Waals surface area contributed by atoms with Crippen molar-refractivity contribution >= 4 is 51.7 Å². The van der Waals surface area contributed by atoms with Gasteiger partial charge in [-0.15, -0.1) is 0 Å². The highest BCUT2D eigenvalue weighted by Crippen LogP contribution is 2.32. The third-order valence-electron chi connectivity index (χ3n) is 3.93. The maximum Gasteiger partial charge on any atom is 0.416 e. The number of aliphatic imine (C=N–C) groups is 1. The molecule has 4 nitrogen and oxygen atoms in total. The van der Waals surface area contributed by atoms with Gasteiger partial charge in [0.05, 0.1) is 16.3 Å². The molecular formula is C19H15Cl2F3N2O2S. The third-order valence-corrected chi connectivity index (χ3v) is 5.53. The second-order valence-electron chi connectivity index (χ2n) is 6.05. The Bertz CT molecular complexity index is 938. The van der Waals surface area contributed by atoms with Gasteiger partial charge in [-0.2, -0.15) is 13.2 Å². The molecule has 3 rings (SSSR count). The van der Waals surface area contributed by atoms with Crippen LogP contribution in [0, 0.1) is 0 Å². The van der Waals surface area contributed by atoms with Gasteiger partial charge in [-0.1, -0.05) is 41.0 Å². The summed E-state index contributed by atoms with van der Waals surface area (Å²) in [7, 11) is 0. The van der Waals surface area contributed by atoms with E-state index in [0.29, 0.717) is 28.2 Å². The van der Waals surface area contributed by atoms with Crippen molar-refractivity contribution < 1.29 is 22.7 Å². The molecule has 0 radical (unpaired) electrons. The fourth-order valence-electron chi connectivity index (χ4n) is 2.56. The predicted molar refractivity (Wildman–Crippen MR) is 109 cm³/mol. The summed E-state index contributed by atoms with van der Waals surface area (Å²) in [5.41, 5.74) is -0.664. The SMILES string of the molecule is O=C(COc1ccc(Cl)cc1Cl)N1CCCSC1=Nc1cccc(C(F)(F)F)c1. The lowest BCUT2D eigenvalue weighted by Crippen LogP contribution is -2.41. The van der Waals surface area contributed by atoms with Crippen LogP contribution in [0.4, 0.5) is 18.9 Å². The summed E-state index contributed by atoms with van der Waals surface area (Å²) in [6.45, 7) is 0.116. The monoisotopic (exact) mass is 462 g/mol. The number of alkyl halides is 3. The molecule has 0 aliphatic carbocycles. The number of hydrogen-bond donors (Lipinski definition) is 0. The van der Waals surface area contributed by atoms with Gasteiger partial charge in [0.25, 0.3) is 5.91 Å². The number of benzene rings is 2. The molecule has 1 amide bonds. The van der Waals surface area contributed by atoms with Gasteiger partial charge >= 0.3 is 6.18 Å². The number of thioether (sulfide) groups is 1. The molecule has 1 saturated heterocycles. The van der Waals surface area contributed by atoms with Crippen molar-refractivity contribution in [3.8, 4) is 5.75 Å². The topological polar surface area (TPSA) is 41.9 Å². The quantitative estimate of drug-likeness (QED) is 0.555. The first-order valence-electron chi connectivity index (χ1n) is 8.51. The van der Waals surface area contributed by atoms with Gasteiger partial charge in [0.2, 0.25) is 0 Å². The number of ether oxygens (including phenoxy) is 1. The highest BCUT2D eigenvalue weighted by molar-refractivity contribution is 8.13. The molecule has 0 saturated carbocycles. The number of hydrogen-bond acceptors (Lipinski definition) is 4. The van der Waals surface area contributed by atoms with E-state index in [4.69, 9.17) is 27.9 Å². The highest BCUT2D eigenvalue weighted by Gasteiger charge is 2.31. The molecule has 0 N–H and O–H groups in total. The van der Waals surface area contributed by atoms with Crippen molar-refractivity contribution in [3.63, 3.8) is 0 Å². The van der Waals surface area contributed by atoms with Crippen LogP contribution in [0.3, 0.4) is 0 Å². The van der Waals surface area contributed by atoms with E-state index in [1.165, 1.54) is 34.9 Å². The standard InChI is InChI=1S/C19H15Cl2F3N2O2S/c20-13-5-6-16(15(21)10-13)28-11-17(27)26-7-2-8-29-18(26)25-14-4-1-3-12(9-14)19(22,23)24/h1,3-6,9-10H,2,7-8,11H2. The molecule has 0 unspecified atom stereocenters.